The molecule has 0 bridgehead atoms. The van der Waals surface area contributed by atoms with Crippen molar-refractivity contribution < 1.29 is 0 Å². The Labute approximate surface area is 427 Å². The highest BCUT2D eigenvalue weighted by Crippen LogP contribution is 2.31. The van der Waals surface area contributed by atoms with E-state index in [4.69, 9.17) is 9.97 Å². The summed E-state index contributed by atoms with van der Waals surface area (Å²) in [5.74, 6) is 0. The molecule has 74 heavy (non-hydrogen) atoms. The number of aromatic nitrogens is 12. The second kappa shape index (κ2) is 22.1. The fraction of sp³-hybridized carbons (Fsp3) is 0. The summed E-state index contributed by atoms with van der Waals surface area (Å²) >= 11 is 0. The van der Waals surface area contributed by atoms with E-state index >= 15 is 0 Å². The summed E-state index contributed by atoms with van der Waals surface area (Å²) in [5, 5.41) is 8.33. The Balaban J connectivity index is 0.000000159. The Bertz CT molecular complexity index is 3390. The quantitative estimate of drug-likeness (QED) is 0.109. The summed E-state index contributed by atoms with van der Waals surface area (Å²) in [7, 11) is 0. The molecule has 8 heterocycles. The lowest BCUT2D eigenvalue weighted by Gasteiger charge is -2.09. The second-order valence-electron chi connectivity index (χ2n) is 16.9. The summed E-state index contributed by atoms with van der Waals surface area (Å²) in [6.07, 6.45) is 22.0. The molecule has 0 saturated carbocycles. The summed E-state index contributed by atoms with van der Waals surface area (Å²) < 4.78 is 3.48. The van der Waals surface area contributed by atoms with Crippen molar-refractivity contribution in [3.05, 3.63) is 266 Å². The first-order valence-corrected chi connectivity index (χ1v) is 23.8. The number of hydrogen-bond donors (Lipinski definition) is 0. The van der Waals surface area contributed by atoms with Gasteiger partial charge < -0.3 is 0 Å². The molecule has 352 valence electrons. The molecule has 0 aliphatic heterocycles. The zero-order chi connectivity index (χ0) is 49.7. The number of hydrogen-bond acceptors (Lipinski definition) is 10. The molecule has 0 spiro atoms. The number of benzene rings is 4. The molecular formula is C62H44N12. The van der Waals surface area contributed by atoms with Crippen LogP contribution in [0, 0.1) is 0 Å². The molecule has 4 aromatic carbocycles. The van der Waals surface area contributed by atoms with Crippen molar-refractivity contribution in [1.82, 2.24) is 59.4 Å². The zero-order valence-corrected chi connectivity index (χ0v) is 39.8. The highest BCUT2D eigenvalue weighted by atomic mass is 15.3. The van der Waals surface area contributed by atoms with Crippen molar-refractivity contribution in [2.75, 3.05) is 0 Å². The van der Waals surface area contributed by atoms with Crippen LogP contribution in [0.5, 0.6) is 0 Å². The van der Waals surface area contributed by atoms with Gasteiger partial charge in [-0.3, -0.25) is 19.9 Å². The van der Waals surface area contributed by atoms with Crippen LogP contribution in [-0.4, -0.2) is 59.4 Å². The van der Waals surface area contributed by atoms with E-state index in [9.17, 15) is 0 Å². The summed E-state index contributed by atoms with van der Waals surface area (Å²) in [4.78, 5) is 35.7. The molecule has 12 rings (SSSR count). The van der Waals surface area contributed by atoms with Crippen LogP contribution in [0.2, 0.25) is 0 Å². The van der Waals surface area contributed by atoms with Gasteiger partial charge in [-0.1, -0.05) is 121 Å². The molecule has 8 aromatic heterocycles. The zero-order valence-electron chi connectivity index (χ0n) is 39.8. The molecule has 0 N–H and O–H groups in total. The smallest absolute Gasteiger partial charge is 0.138 e. The van der Waals surface area contributed by atoms with Gasteiger partial charge >= 0.3 is 0 Å². The minimum Gasteiger partial charge on any atom is -0.255 e. The van der Waals surface area contributed by atoms with Gasteiger partial charge in [0, 0.05) is 24.8 Å². The van der Waals surface area contributed by atoms with Crippen LogP contribution in [0.15, 0.2) is 244 Å². The first kappa shape index (κ1) is 46.0. The Kier molecular flexibility index (Phi) is 13.7. The highest BCUT2D eigenvalue weighted by molar-refractivity contribution is 5.79. The molecule has 0 saturated heterocycles. The van der Waals surface area contributed by atoms with Gasteiger partial charge in [0.25, 0.3) is 0 Å². The number of pyridine rings is 6. The maximum absolute atomic E-state index is 4.86. The summed E-state index contributed by atoms with van der Waals surface area (Å²) in [6.45, 7) is 0. The van der Waals surface area contributed by atoms with Gasteiger partial charge in [0.05, 0.1) is 56.9 Å². The van der Waals surface area contributed by atoms with Crippen molar-refractivity contribution in [3.8, 4) is 79.2 Å². The minimum atomic E-state index is 0.817. The Morgan fingerprint density at radius 3 is 0.838 bits per heavy atom. The lowest BCUT2D eigenvalue weighted by molar-refractivity contribution is 0.879. The molecule has 12 aromatic rings. The van der Waals surface area contributed by atoms with E-state index in [-0.39, 0.29) is 0 Å². The van der Waals surface area contributed by atoms with Crippen LogP contribution in [0.3, 0.4) is 0 Å². The van der Waals surface area contributed by atoms with E-state index in [1.54, 1.807) is 46.8 Å². The third-order valence-electron chi connectivity index (χ3n) is 11.9. The third kappa shape index (κ3) is 11.3. The molecule has 12 nitrogen and oxygen atoms in total. The highest BCUT2D eigenvalue weighted by Gasteiger charge is 2.12. The third-order valence-corrected chi connectivity index (χ3v) is 11.9. The molecule has 0 radical (unpaired) electrons. The monoisotopic (exact) mass is 956 g/mol. The Morgan fingerprint density at radius 2 is 0.581 bits per heavy atom. The predicted molar refractivity (Wildman–Crippen MR) is 293 cm³/mol. The van der Waals surface area contributed by atoms with Crippen molar-refractivity contribution in [2.45, 2.75) is 0 Å². The maximum atomic E-state index is 4.86. The van der Waals surface area contributed by atoms with Gasteiger partial charge in [0.2, 0.25) is 0 Å². The Morgan fingerprint density at radius 1 is 0.284 bits per heavy atom. The molecule has 0 unspecified atom stereocenters. The normalized spacial score (nSPS) is 11.1. The van der Waals surface area contributed by atoms with Crippen LogP contribution in [0.1, 0.15) is 22.3 Å². The van der Waals surface area contributed by atoms with E-state index in [2.05, 4.69) is 161 Å². The summed E-state index contributed by atoms with van der Waals surface area (Å²) in [6, 6.07) is 65.1. The van der Waals surface area contributed by atoms with Gasteiger partial charge in [-0.15, -0.1) is 0 Å². The molecule has 0 amide bonds. The van der Waals surface area contributed by atoms with Gasteiger partial charge in [0.1, 0.15) is 25.3 Å². The minimum absolute atomic E-state index is 0.817. The fourth-order valence-electron chi connectivity index (χ4n) is 8.09. The van der Waals surface area contributed by atoms with Crippen molar-refractivity contribution in [2.24, 2.45) is 0 Å². The lowest BCUT2D eigenvalue weighted by Crippen LogP contribution is -1.93. The predicted octanol–water partition coefficient (Wildman–Crippen LogP) is 13.2. The van der Waals surface area contributed by atoms with Crippen LogP contribution in [0.25, 0.3) is 103 Å². The van der Waals surface area contributed by atoms with E-state index < -0.39 is 0 Å². The molecule has 12 heteroatoms. The van der Waals surface area contributed by atoms with Crippen LogP contribution < -0.4 is 0 Å². The largest absolute Gasteiger partial charge is 0.255 e. The van der Waals surface area contributed by atoms with E-state index in [0.29, 0.717) is 0 Å². The standard InChI is InChI=1S/2C31H22N6/c2*1-3-17-33-28(5-1)30-19-26(20-31(36-30)29-6-2-4-18-34-29)25-13-9-23(10-14-25)7-8-24-11-15-27(16-12-24)37-22-32-21-35-37/h2*1-22H/b2*8-7+. The first-order chi connectivity index (χ1) is 36.6. The van der Waals surface area contributed by atoms with Crippen molar-refractivity contribution in [1.29, 1.82) is 0 Å². The second-order valence-corrected chi connectivity index (χ2v) is 16.9. The van der Waals surface area contributed by atoms with Gasteiger partial charge in [0.15, 0.2) is 0 Å². The Hall–Kier alpha value is -10.5. The number of nitrogens with zero attached hydrogens (tertiary/aromatic N) is 12. The molecule has 0 fully saturated rings. The average molecular weight is 957 g/mol. The van der Waals surface area contributed by atoms with E-state index in [1.165, 1.54) is 12.7 Å². The van der Waals surface area contributed by atoms with E-state index in [1.807, 2.05) is 97.1 Å². The average Bonchev–Trinajstić information content (AvgIpc) is 4.25. The van der Waals surface area contributed by atoms with Crippen molar-refractivity contribution >= 4 is 24.3 Å². The SMILES string of the molecule is C(=C\c1ccc(-n2cncn2)cc1)/c1ccc(-c2cc(-c3ccccn3)nc(-c3ccccn3)c2)cc1.C(=C\c1ccc(-n2cncn2)cc1)/c1ccc(-c2cc(-c3ccccn3)nc(-c3ccccn3)c2)cc1. The topological polar surface area (TPSA) is 139 Å². The van der Waals surface area contributed by atoms with Crippen LogP contribution in [0.4, 0.5) is 0 Å². The van der Waals surface area contributed by atoms with Gasteiger partial charge in [-0.25, -0.2) is 29.3 Å². The van der Waals surface area contributed by atoms with Crippen molar-refractivity contribution in [3.63, 3.8) is 0 Å². The molecule has 0 aliphatic carbocycles. The molecular weight excluding hydrogens is 913 g/mol. The number of rotatable bonds is 12. The molecule has 0 aliphatic rings. The first-order valence-electron chi connectivity index (χ1n) is 23.8. The fourth-order valence-corrected chi connectivity index (χ4v) is 8.09. The van der Waals surface area contributed by atoms with Gasteiger partial charge in [-0.05, 0) is 142 Å². The lowest BCUT2D eigenvalue weighted by atomic mass is 10.0. The van der Waals surface area contributed by atoms with Gasteiger partial charge in [-0.2, -0.15) is 10.2 Å². The van der Waals surface area contributed by atoms with Crippen LogP contribution >= 0.6 is 0 Å². The van der Waals surface area contributed by atoms with Crippen LogP contribution in [-0.2, 0) is 0 Å². The summed E-state index contributed by atoms with van der Waals surface area (Å²) in [5.41, 5.74) is 17.3. The van der Waals surface area contributed by atoms with E-state index in [0.717, 1.165) is 101 Å². The maximum Gasteiger partial charge on any atom is 0.138 e. The molecule has 0 atom stereocenters.